The number of urea groups is 1. The first-order valence-corrected chi connectivity index (χ1v) is 8.52. The Morgan fingerprint density at radius 1 is 1.16 bits per heavy atom. The van der Waals surface area contributed by atoms with Gasteiger partial charge in [0.25, 0.3) is 0 Å². The first-order valence-electron chi connectivity index (χ1n) is 8.52. The van der Waals surface area contributed by atoms with E-state index in [1.165, 1.54) is 0 Å². The summed E-state index contributed by atoms with van der Waals surface area (Å²) in [6.45, 7) is 9.18. The monoisotopic (exact) mass is 337 g/mol. The van der Waals surface area contributed by atoms with Crippen LogP contribution in [0.3, 0.4) is 0 Å². The fraction of sp³-hybridized carbons (Fsp3) is 0.316. The molecule has 130 valence electrons. The molecular formula is C19H23N5O. The zero-order chi connectivity index (χ0) is 18.0. The van der Waals surface area contributed by atoms with Crippen LogP contribution in [0.4, 0.5) is 10.6 Å². The molecule has 6 nitrogen and oxygen atoms in total. The summed E-state index contributed by atoms with van der Waals surface area (Å²) in [5, 5.41) is 8.58. The molecule has 2 aromatic heterocycles. The van der Waals surface area contributed by atoms with Gasteiger partial charge in [-0.25, -0.2) is 9.78 Å². The first-order chi connectivity index (χ1) is 12.0. The Kier molecular flexibility index (Phi) is 4.70. The summed E-state index contributed by atoms with van der Waals surface area (Å²) in [5.41, 5.74) is 2.85. The molecule has 0 saturated heterocycles. The molecule has 0 aliphatic rings. The molecule has 2 heterocycles. The maximum absolute atomic E-state index is 12.4. The van der Waals surface area contributed by atoms with Gasteiger partial charge >= 0.3 is 6.03 Å². The molecule has 0 saturated carbocycles. The second-order valence-corrected chi connectivity index (χ2v) is 6.00. The second kappa shape index (κ2) is 6.93. The van der Waals surface area contributed by atoms with Gasteiger partial charge in [-0.2, -0.15) is 9.78 Å². The van der Waals surface area contributed by atoms with Crippen LogP contribution in [0.15, 0.2) is 36.4 Å². The van der Waals surface area contributed by atoms with Gasteiger partial charge in [0.1, 0.15) is 5.82 Å². The van der Waals surface area contributed by atoms with E-state index in [-0.39, 0.29) is 6.03 Å². The Labute approximate surface area is 147 Å². The number of fused-ring (bicyclic) bond motifs is 1. The summed E-state index contributed by atoms with van der Waals surface area (Å²) >= 11 is 0. The van der Waals surface area contributed by atoms with Gasteiger partial charge < -0.3 is 4.90 Å². The minimum atomic E-state index is -0.135. The van der Waals surface area contributed by atoms with Crippen molar-refractivity contribution in [3.63, 3.8) is 0 Å². The molecule has 0 aliphatic carbocycles. The normalized spacial score (nSPS) is 10.9. The summed E-state index contributed by atoms with van der Waals surface area (Å²) in [6.07, 6.45) is 0. The molecule has 1 aromatic carbocycles. The summed E-state index contributed by atoms with van der Waals surface area (Å²) in [7, 11) is 0. The summed E-state index contributed by atoms with van der Waals surface area (Å²) in [4.78, 5) is 18.8. The number of pyridine rings is 1. The number of nitrogens with zero attached hydrogens (tertiary/aromatic N) is 4. The topological polar surface area (TPSA) is 63.1 Å². The van der Waals surface area contributed by atoms with E-state index in [0.29, 0.717) is 24.7 Å². The molecule has 0 bridgehead atoms. The van der Waals surface area contributed by atoms with Gasteiger partial charge in [0.2, 0.25) is 0 Å². The van der Waals surface area contributed by atoms with E-state index in [1.54, 1.807) is 9.58 Å². The number of rotatable bonds is 4. The highest BCUT2D eigenvalue weighted by Crippen LogP contribution is 2.22. The van der Waals surface area contributed by atoms with Crippen LogP contribution in [-0.2, 0) is 0 Å². The Balaban J connectivity index is 2.02. The van der Waals surface area contributed by atoms with Gasteiger partial charge in [-0.3, -0.25) is 5.32 Å². The molecule has 2 amide bonds. The van der Waals surface area contributed by atoms with E-state index < -0.39 is 0 Å². The minimum absolute atomic E-state index is 0.135. The lowest BCUT2D eigenvalue weighted by Gasteiger charge is -2.19. The highest BCUT2D eigenvalue weighted by Gasteiger charge is 2.16. The van der Waals surface area contributed by atoms with Gasteiger partial charge in [-0.1, -0.05) is 18.2 Å². The fourth-order valence-electron chi connectivity index (χ4n) is 2.90. The standard InChI is InChI=1S/C19H23N5O/c1-5-23(6-2)19(25)21-18-12-14(4)22-24(18)17-11-13(3)15-9-7-8-10-16(15)20-17/h7-12H,5-6H2,1-4H3,(H,21,25). The van der Waals surface area contributed by atoms with Gasteiger partial charge in [-0.15, -0.1) is 0 Å². The lowest BCUT2D eigenvalue weighted by molar-refractivity contribution is 0.217. The molecule has 6 heteroatoms. The molecule has 1 N–H and O–H groups in total. The number of hydrogen-bond acceptors (Lipinski definition) is 3. The largest absolute Gasteiger partial charge is 0.325 e. The number of amides is 2. The summed E-state index contributed by atoms with van der Waals surface area (Å²) in [5.74, 6) is 1.32. The van der Waals surface area contributed by atoms with Crippen molar-refractivity contribution < 1.29 is 4.79 Å². The fourth-order valence-corrected chi connectivity index (χ4v) is 2.90. The van der Waals surface area contributed by atoms with Crippen molar-refractivity contribution in [3.8, 4) is 5.82 Å². The van der Waals surface area contributed by atoms with E-state index >= 15 is 0 Å². The molecule has 0 spiro atoms. The number of anilines is 1. The molecule has 0 unspecified atom stereocenters. The van der Waals surface area contributed by atoms with Crippen LogP contribution in [0, 0.1) is 13.8 Å². The van der Waals surface area contributed by atoms with Crippen molar-refractivity contribution >= 4 is 22.8 Å². The maximum Gasteiger partial charge on any atom is 0.322 e. The summed E-state index contributed by atoms with van der Waals surface area (Å²) in [6, 6.07) is 11.7. The van der Waals surface area contributed by atoms with Crippen molar-refractivity contribution in [1.29, 1.82) is 0 Å². The molecule has 0 fully saturated rings. The molecule has 25 heavy (non-hydrogen) atoms. The van der Waals surface area contributed by atoms with Crippen LogP contribution in [0.2, 0.25) is 0 Å². The Morgan fingerprint density at radius 3 is 2.60 bits per heavy atom. The SMILES string of the molecule is CCN(CC)C(=O)Nc1cc(C)nn1-c1cc(C)c2ccccc2n1. The van der Waals surface area contributed by atoms with E-state index in [4.69, 9.17) is 4.98 Å². The zero-order valence-corrected chi connectivity index (χ0v) is 15.1. The molecule has 0 radical (unpaired) electrons. The lowest BCUT2D eigenvalue weighted by Crippen LogP contribution is -2.35. The third kappa shape index (κ3) is 3.33. The van der Waals surface area contributed by atoms with Crippen LogP contribution in [-0.4, -0.2) is 38.8 Å². The second-order valence-electron chi connectivity index (χ2n) is 6.00. The molecule has 3 aromatic rings. The number of carbonyl (C=O) groups excluding carboxylic acids is 1. The van der Waals surface area contributed by atoms with Crippen LogP contribution >= 0.6 is 0 Å². The first kappa shape index (κ1) is 17.0. The molecule has 3 rings (SSSR count). The van der Waals surface area contributed by atoms with Crippen LogP contribution in [0.5, 0.6) is 0 Å². The van der Waals surface area contributed by atoms with Gasteiger partial charge in [0.05, 0.1) is 11.2 Å². The highest BCUT2D eigenvalue weighted by atomic mass is 16.2. The average Bonchev–Trinajstić information content (AvgIpc) is 2.96. The number of benzene rings is 1. The third-order valence-corrected chi connectivity index (χ3v) is 4.24. The van der Waals surface area contributed by atoms with Crippen molar-refractivity contribution in [2.24, 2.45) is 0 Å². The predicted molar refractivity (Wildman–Crippen MR) is 100 cm³/mol. The van der Waals surface area contributed by atoms with E-state index in [0.717, 1.165) is 22.2 Å². The van der Waals surface area contributed by atoms with Gasteiger partial charge in [0.15, 0.2) is 5.82 Å². The Morgan fingerprint density at radius 2 is 1.88 bits per heavy atom. The van der Waals surface area contributed by atoms with Crippen molar-refractivity contribution in [1.82, 2.24) is 19.7 Å². The van der Waals surface area contributed by atoms with Crippen LogP contribution < -0.4 is 5.32 Å². The Bertz CT molecular complexity index is 911. The summed E-state index contributed by atoms with van der Waals surface area (Å²) < 4.78 is 1.69. The van der Waals surface area contributed by atoms with Crippen molar-refractivity contribution in [3.05, 3.63) is 47.7 Å². The van der Waals surface area contributed by atoms with E-state index in [1.807, 2.05) is 51.1 Å². The number of nitrogens with one attached hydrogen (secondary N) is 1. The molecule has 0 atom stereocenters. The molecule has 0 aliphatic heterocycles. The number of aryl methyl sites for hydroxylation is 2. The number of hydrogen-bond donors (Lipinski definition) is 1. The lowest BCUT2D eigenvalue weighted by atomic mass is 10.1. The van der Waals surface area contributed by atoms with E-state index in [2.05, 4.69) is 23.4 Å². The van der Waals surface area contributed by atoms with E-state index in [9.17, 15) is 4.79 Å². The van der Waals surface area contributed by atoms with Crippen LogP contribution in [0.1, 0.15) is 25.1 Å². The third-order valence-electron chi connectivity index (χ3n) is 4.24. The van der Waals surface area contributed by atoms with Crippen molar-refractivity contribution in [2.45, 2.75) is 27.7 Å². The van der Waals surface area contributed by atoms with Gasteiger partial charge in [-0.05, 0) is 45.4 Å². The van der Waals surface area contributed by atoms with Crippen molar-refractivity contribution in [2.75, 3.05) is 18.4 Å². The maximum atomic E-state index is 12.4. The number of carbonyl (C=O) groups is 1. The Hall–Kier alpha value is -2.89. The average molecular weight is 337 g/mol. The zero-order valence-electron chi connectivity index (χ0n) is 15.1. The quantitative estimate of drug-likeness (QED) is 0.785. The van der Waals surface area contributed by atoms with Gasteiger partial charge in [0, 0.05) is 24.5 Å². The highest BCUT2D eigenvalue weighted by molar-refractivity contribution is 5.89. The molecular weight excluding hydrogens is 314 g/mol. The van der Waals surface area contributed by atoms with Crippen LogP contribution in [0.25, 0.3) is 16.7 Å². The number of para-hydroxylation sites is 1. The number of aromatic nitrogens is 3. The minimum Gasteiger partial charge on any atom is -0.325 e. The predicted octanol–water partition coefficient (Wildman–Crippen LogP) is 3.91. The smallest absolute Gasteiger partial charge is 0.322 e.